The van der Waals surface area contributed by atoms with E-state index in [0.717, 1.165) is 74.1 Å². The summed E-state index contributed by atoms with van der Waals surface area (Å²) in [4.78, 5) is 38.6. The van der Waals surface area contributed by atoms with Crippen LogP contribution in [0.4, 0.5) is 22.9 Å². The van der Waals surface area contributed by atoms with Crippen LogP contribution < -0.4 is 20.7 Å². The number of aryl methyl sites for hydroxylation is 2. The number of nitrogens with zero attached hydrogens (tertiary/aromatic N) is 6. The summed E-state index contributed by atoms with van der Waals surface area (Å²) in [7, 11) is 1.73. The monoisotopic (exact) mass is 633 g/mol. The van der Waals surface area contributed by atoms with Gasteiger partial charge in [-0.05, 0) is 80.0 Å². The van der Waals surface area contributed by atoms with Crippen LogP contribution in [0.2, 0.25) is 0 Å². The van der Waals surface area contributed by atoms with Crippen molar-refractivity contribution in [3.8, 4) is 11.1 Å². The number of carbonyl (C=O) groups excluding carboxylic acids is 1. The number of fused-ring (bicyclic) bond motifs is 3. The molecule has 4 aliphatic rings. The summed E-state index contributed by atoms with van der Waals surface area (Å²) < 4.78 is 3.75. The molecule has 4 aromatic rings. The number of anilines is 4. The van der Waals surface area contributed by atoms with Gasteiger partial charge in [-0.25, -0.2) is 4.98 Å². The summed E-state index contributed by atoms with van der Waals surface area (Å²) in [6.45, 7) is 5.21. The quantitative estimate of drug-likeness (QED) is 0.305. The van der Waals surface area contributed by atoms with E-state index >= 15 is 0 Å². The lowest BCUT2D eigenvalue weighted by atomic mass is 9.91. The molecule has 244 valence electrons. The van der Waals surface area contributed by atoms with Crippen molar-refractivity contribution in [3.63, 3.8) is 0 Å². The Morgan fingerprint density at radius 1 is 0.936 bits per heavy atom. The fourth-order valence-electron chi connectivity index (χ4n) is 7.96. The van der Waals surface area contributed by atoms with Crippen LogP contribution in [-0.2, 0) is 33.0 Å². The molecule has 2 aliphatic heterocycles. The fraction of sp³-hybridized carbons (Fsp3) is 0.432. The molecule has 0 bridgehead atoms. The molecule has 0 atom stereocenters. The number of pyridine rings is 2. The molecular formula is C37H43N7O3. The first-order valence-corrected chi connectivity index (χ1v) is 17.2. The summed E-state index contributed by atoms with van der Waals surface area (Å²) in [5, 5.41) is 13.9. The van der Waals surface area contributed by atoms with Crippen LogP contribution in [0.15, 0.2) is 59.7 Å². The summed E-state index contributed by atoms with van der Waals surface area (Å²) in [6.07, 6.45) is 12.1. The maximum atomic E-state index is 13.8. The van der Waals surface area contributed by atoms with Crippen molar-refractivity contribution in [2.24, 2.45) is 7.05 Å². The van der Waals surface area contributed by atoms with E-state index in [1.54, 1.807) is 22.7 Å². The van der Waals surface area contributed by atoms with Crippen molar-refractivity contribution >= 4 is 28.8 Å². The van der Waals surface area contributed by atoms with Crippen LogP contribution in [0.1, 0.15) is 59.4 Å². The minimum Gasteiger partial charge on any atom is -0.392 e. The number of aliphatic hydroxyl groups is 1. The maximum absolute atomic E-state index is 13.8. The van der Waals surface area contributed by atoms with Crippen molar-refractivity contribution in [2.75, 3.05) is 47.8 Å². The van der Waals surface area contributed by atoms with Gasteiger partial charge in [0.2, 0.25) is 0 Å². The largest absolute Gasteiger partial charge is 0.392 e. The second kappa shape index (κ2) is 12.3. The van der Waals surface area contributed by atoms with Crippen molar-refractivity contribution < 1.29 is 9.90 Å². The van der Waals surface area contributed by atoms with Crippen molar-refractivity contribution in [1.82, 2.24) is 19.0 Å². The van der Waals surface area contributed by atoms with E-state index < -0.39 is 0 Å². The molecule has 10 nitrogen and oxygen atoms in total. The summed E-state index contributed by atoms with van der Waals surface area (Å²) in [5.74, 6) is 0.562. The Kier molecular flexibility index (Phi) is 7.85. The third-order valence-corrected chi connectivity index (χ3v) is 10.8. The first-order valence-electron chi connectivity index (χ1n) is 17.2. The highest BCUT2D eigenvalue weighted by Crippen LogP contribution is 2.36. The summed E-state index contributed by atoms with van der Waals surface area (Å²) >= 11 is 0. The molecule has 0 spiro atoms. The number of carbonyl (C=O) groups is 1. The van der Waals surface area contributed by atoms with E-state index in [2.05, 4.69) is 36.8 Å². The first-order chi connectivity index (χ1) is 23.0. The minimum atomic E-state index is -0.240. The molecule has 1 amide bonds. The predicted molar refractivity (Wildman–Crippen MR) is 185 cm³/mol. The second-order valence-electron chi connectivity index (χ2n) is 13.5. The lowest BCUT2D eigenvalue weighted by Crippen LogP contribution is -2.52. The molecular weight excluding hydrogens is 590 g/mol. The van der Waals surface area contributed by atoms with Gasteiger partial charge in [-0.15, -0.1) is 0 Å². The highest BCUT2D eigenvalue weighted by molar-refractivity contribution is 6.07. The van der Waals surface area contributed by atoms with E-state index in [9.17, 15) is 14.7 Å². The van der Waals surface area contributed by atoms with Gasteiger partial charge in [0.15, 0.2) is 0 Å². The molecule has 2 fully saturated rings. The molecule has 3 aromatic heterocycles. The molecule has 0 unspecified atom stereocenters. The maximum Gasteiger partial charge on any atom is 0.274 e. The molecule has 8 rings (SSSR count). The van der Waals surface area contributed by atoms with Crippen LogP contribution in [0.5, 0.6) is 0 Å². The van der Waals surface area contributed by atoms with Gasteiger partial charge in [0.25, 0.3) is 11.5 Å². The third kappa shape index (κ3) is 5.43. The lowest BCUT2D eigenvalue weighted by Gasteiger charge is -2.43. The highest BCUT2D eigenvalue weighted by atomic mass is 16.3. The van der Waals surface area contributed by atoms with E-state index in [1.165, 1.54) is 43.4 Å². The Balaban J connectivity index is 1.04. The van der Waals surface area contributed by atoms with Crippen molar-refractivity contribution in [3.05, 3.63) is 87.7 Å². The van der Waals surface area contributed by atoms with Crippen LogP contribution in [0.3, 0.4) is 0 Å². The Morgan fingerprint density at radius 3 is 2.51 bits per heavy atom. The Bertz CT molecular complexity index is 1870. The van der Waals surface area contributed by atoms with E-state index in [4.69, 9.17) is 0 Å². The van der Waals surface area contributed by atoms with Gasteiger partial charge >= 0.3 is 0 Å². The average molecular weight is 634 g/mol. The first kappa shape index (κ1) is 30.0. The molecule has 0 radical (unpaired) electrons. The van der Waals surface area contributed by atoms with Gasteiger partial charge < -0.3 is 29.4 Å². The molecule has 1 saturated carbocycles. The van der Waals surface area contributed by atoms with Gasteiger partial charge in [-0.2, -0.15) is 0 Å². The number of hydrogen-bond donors (Lipinski definition) is 2. The SMILES string of the molecule is Cn1cc(-c2cccc(N3CCn4c(cc5c4CCCC5)C3=O)c2CO)cc(Nc2ccc(N3CCN(C4CCC4)CC3)cn2)c1=O. The molecule has 2 aliphatic carbocycles. The minimum absolute atomic E-state index is 0.0323. The normalized spacial score (nSPS) is 18.6. The van der Waals surface area contributed by atoms with Gasteiger partial charge in [0.05, 0.1) is 24.2 Å². The lowest BCUT2D eigenvalue weighted by molar-refractivity contribution is 0.0964. The Morgan fingerprint density at radius 2 is 1.77 bits per heavy atom. The average Bonchev–Trinajstić information content (AvgIpc) is 3.46. The second-order valence-corrected chi connectivity index (χ2v) is 13.5. The van der Waals surface area contributed by atoms with Gasteiger partial charge in [-0.3, -0.25) is 14.5 Å². The van der Waals surface area contributed by atoms with Crippen molar-refractivity contribution in [2.45, 2.75) is 64.1 Å². The van der Waals surface area contributed by atoms with Gasteiger partial charge in [0.1, 0.15) is 17.2 Å². The zero-order valence-corrected chi connectivity index (χ0v) is 27.1. The number of rotatable bonds is 7. The highest BCUT2D eigenvalue weighted by Gasteiger charge is 2.32. The van der Waals surface area contributed by atoms with E-state index in [0.29, 0.717) is 29.3 Å². The van der Waals surface area contributed by atoms with Gasteiger partial charge in [0, 0.05) is 75.4 Å². The van der Waals surface area contributed by atoms with Crippen LogP contribution in [0.25, 0.3) is 11.1 Å². The number of amides is 1. The number of benzene rings is 1. The summed E-state index contributed by atoms with van der Waals surface area (Å²) in [6, 6.07) is 14.4. The molecule has 5 heterocycles. The van der Waals surface area contributed by atoms with Crippen LogP contribution in [0, 0.1) is 0 Å². The predicted octanol–water partition coefficient (Wildman–Crippen LogP) is 4.70. The fourth-order valence-corrected chi connectivity index (χ4v) is 7.96. The van der Waals surface area contributed by atoms with Crippen LogP contribution in [-0.4, -0.2) is 68.8 Å². The smallest absolute Gasteiger partial charge is 0.274 e. The molecule has 1 saturated heterocycles. The zero-order valence-electron chi connectivity index (χ0n) is 27.1. The summed E-state index contributed by atoms with van der Waals surface area (Å²) in [5.41, 5.74) is 7.57. The number of nitrogens with one attached hydrogen (secondary N) is 1. The molecule has 47 heavy (non-hydrogen) atoms. The molecule has 2 N–H and O–H groups in total. The third-order valence-electron chi connectivity index (χ3n) is 10.8. The topological polar surface area (TPSA) is 98.9 Å². The van der Waals surface area contributed by atoms with Crippen molar-refractivity contribution in [1.29, 1.82) is 0 Å². The number of hydrogen-bond acceptors (Lipinski definition) is 7. The van der Waals surface area contributed by atoms with Gasteiger partial charge in [-0.1, -0.05) is 18.6 Å². The standard InChI is InChI=1S/C37H43N7O3/c1-40-23-26(20-31(36(40)46)39-35-13-12-28(22-38-35)42-16-14-41(15-17-42)27-7-4-8-27)29-9-5-11-33(30(29)24-45)44-19-18-43-32-10-3-2-6-25(32)21-34(43)37(44)47/h5,9,11-13,20-23,27,45H,2-4,6-8,10,14-19,24H2,1H3,(H,38,39). The Labute approximate surface area is 275 Å². The number of piperazine rings is 1. The van der Waals surface area contributed by atoms with E-state index in [-0.39, 0.29) is 18.1 Å². The number of aliphatic hydroxyl groups excluding tert-OH is 1. The van der Waals surface area contributed by atoms with Crippen LogP contribution >= 0.6 is 0 Å². The zero-order chi connectivity index (χ0) is 32.1. The number of aromatic nitrogens is 3. The molecule has 1 aromatic carbocycles. The van der Waals surface area contributed by atoms with E-state index in [1.807, 2.05) is 36.5 Å². The Hall–Kier alpha value is -4.41. The molecule has 10 heteroatoms.